The number of hydrogen-bond acceptors (Lipinski definition) is 1. The van der Waals surface area contributed by atoms with E-state index in [0.29, 0.717) is 6.19 Å². The van der Waals surface area contributed by atoms with Crippen LogP contribution in [-0.2, 0) is 5.54 Å². The Morgan fingerprint density at radius 2 is 2.18 bits per heavy atom. The van der Waals surface area contributed by atoms with Gasteiger partial charge in [-0.1, -0.05) is 24.3 Å². The molecule has 0 unspecified atom stereocenters. The van der Waals surface area contributed by atoms with Crippen LogP contribution < -0.4 is 0 Å². The Labute approximate surface area is 67.2 Å². The highest BCUT2D eigenvalue weighted by atomic mass is 14.9. The van der Waals surface area contributed by atoms with Crippen LogP contribution in [0.2, 0.25) is 0 Å². The minimum Gasteiger partial charge on any atom is -0.281 e. The van der Waals surface area contributed by atoms with Crippen LogP contribution in [0.5, 0.6) is 0 Å². The van der Waals surface area contributed by atoms with E-state index in [2.05, 4.69) is 11.1 Å². The lowest BCUT2D eigenvalue weighted by Crippen LogP contribution is -1.97. The lowest BCUT2D eigenvalue weighted by atomic mass is 10.0. The van der Waals surface area contributed by atoms with Crippen LogP contribution in [0.1, 0.15) is 25.3 Å². The third-order valence-electron chi connectivity index (χ3n) is 2.54. The maximum Gasteiger partial charge on any atom is 0.0865 e. The maximum absolute atomic E-state index is 7.66. The summed E-state index contributed by atoms with van der Waals surface area (Å²) in [5, 5.41) is 0. The van der Waals surface area contributed by atoms with Crippen LogP contribution in [0, 0.1) is 0 Å². The largest absolute Gasteiger partial charge is 0.281 e. The number of aliphatic imine (C=N–C) groups is 1. The standard InChI is InChI=1S/C10H9N/c1-2-4-9-8(3-1)7-11-10(9)5-6-10/h1-4,7H,5-6H2/i7D. The second-order valence-electron chi connectivity index (χ2n) is 3.30. The Bertz CT molecular complexity index is 377. The molecule has 0 amide bonds. The smallest absolute Gasteiger partial charge is 0.0865 e. The van der Waals surface area contributed by atoms with Crippen molar-refractivity contribution in [3.05, 3.63) is 35.4 Å². The number of rotatable bonds is 0. The van der Waals surface area contributed by atoms with Crippen molar-refractivity contribution in [3.63, 3.8) is 0 Å². The van der Waals surface area contributed by atoms with Crippen molar-refractivity contribution in [2.45, 2.75) is 18.4 Å². The van der Waals surface area contributed by atoms with Crippen molar-refractivity contribution in [2.24, 2.45) is 4.99 Å². The van der Waals surface area contributed by atoms with E-state index in [1.165, 1.54) is 5.56 Å². The first-order valence-corrected chi connectivity index (χ1v) is 3.98. The second-order valence-corrected chi connectivity index (χ2v) is 3.30. The number of benzene rings is 1. The van der Waals surface area contributed by atoms with Gasteiger partial charge < -0.3 is 0 Å². The monoisotopic (exact) mass is 144 g/mol. The molecule has 1 heterocycles. The summed E-state index contributed by atoms with van der Waals surface area (Å²) >= 11 is 0. The van der Waals surface area contributed by atoms with Gasteiger partial charge in [-0.25, -0.2) is 0 Å². The van der Waals surface area contributed by atoms with Gasteiger partial charge in [-0.15, -0.1) is 0 Å². The average molecular weight is 144 g/mol. The van der Waals surface area contributed by atoms with E-state index in [4.69, 9.17) is 1.37 Å². The SMILES string of the molecule is [2H]C1=NC2(CC2)c2ccccc21. The van der Waals surface area contributed by atoms with Gasteiger partial charge in [0.1, 0.15) is 0 Å². The molecule has 0 aromatic heterocycles. The van der Waals surface area contributed by atoms with Gasteiger partial charge in [0, 0.05) is 6.19 Å². The van der Waals surface area contributed by atoms with Crippen LogP contribution in [0.4, 0.5) is 0 Å². The van der Waals surface area contributed by atoms with Crippen molar-refractivity contribution in [1.82, 2.24) is 0 Å². The van der Waals surface area contributed by atoms with Crippen LogP contribution in [-0.4, -0.2) is 6.19 Å². The molecule has 54 valence electrons. The normalized spacial score (nSPS) is 24.4. The molecule has 0 N–H and O–H groups in total. The minimum atomic E-state index is 0.0493. The maximum atomic E-state index is 7.66. The van der Waals surface area contributed by atoms with E-state index in [0.717, 1.165) is 18.4 Å². The van der Waals surface area contributed by atoms with Gasteiger partial charge in [0.25, 0.3) is 0 Å². The summed E-state index contributed by atoms with van der Waals surface area (Å²) < 4.78 is 7.66. The molecule has 0 saturated heterocycles. The van der Waals surface area contributed by atoms with E-state index in [1.54, 1.807) is 0 Å². The quantitative estimate of drug-likeness (QED) is 0.528. The van der Waals surface area contributed by atoms with E-state index in [9.17, 15) is 0 Å². The summed E-state index contributed by atoms with van der Waals surface area (Å²) in [7, 11) is 0. The molecule has 0 atom stereocenters. The first-order valence-electron chi connectivity index (χ1n) is 4.48. The van der Waals surface area contributed by atoms with E-state index < -0.39 is 0 Å². The lowest BCUT2D eigenvalue weighted by Gasteiger charge is -2.03. The molecule has 1 saturated carbocycles. The first kappa shape index (κ1) is 4.70. The third-order valence-corrected chi connectivity index (χ3v) is 2.54. The molecule has 1 aromatic carbocycles. The summed E-state index contributed by atoms with van der Waals surface area (Å²) in [6.45, 7) is 0. The molecule has 1 aromatic rings. The summed E-state index contributed by atoms with van der Waals surface area (Å²) in [5.41, 5.74) is 2.36. The molecule has 1 aliphatic carbocycles. The number of fused-ring (bicyclic) bond motifs is 2. The Kier molecular flexibility index (Phi) is 0.663. The van der Waals surface area contributed by atoms with E-state index in [-0.39, 0.29) is 5.54 Å². The summed E-state index contributed by atoms with van der Waals surface area (Å²) in [6.07, 6.45) is 2.74. The lowest BCUT2D eigenvalue weighted by molar-refractivity contribution is 0.765. The summed E-state index contributed by atoms with van der Waals surface area (Å²) in [5.74, 6) is 0. The molecule has 1 aliphatic heterocycles. The zero-order chi connectivity index (χ0) is 8.18. The summed E-state index contributed by atoms with van der Waals surface area (Å²) in [4.78, 5) is 4.38. The Morgan fingerprint density at radius 3 is 3.00 bits per heavy atom. The fourth-order valence-corrected chi connectivity index (χ4v) is 1.71. The predicted octanol–water partition coefficient (Wildman–Crippen LogP) is 2.11. The Hall–Kier alpha value is -1.11. The van der Waals surface area contributed by atoms with E-state index in [1.807, 2.05) is 18.2 Å². The van der Waals surface area contributed by atoms with Crippen LogP contribution >= 0.6 is 0 Å². The molecule has 2 aliphatic rings. The van der Waals surface area contributed by atoms with E-state index >= 15 is 0 Å². The van der Waals surface area contributed by atoms with Crippen molar-refractivity contribution >= 4 is 6.19 Å². The topological polar surface area (TPSA) is 12.4 Å². The van der Waals surface area contributed by atoms with Crippen molar-refractivity contribution < 1.29 is 1.37 Å². The predicted molar refractivity (Wildman–Crippen MR) is 44.9 cm³/mol. The first-order chi connectivity index (χ1) is 5.82. The fraction of sp³-hybridized carbons (Fsp3) is 0.300. The zero-order valence-electron chi connectivity index (χ0n) is 7.17. The highest BCUT2D eigenvalue weighted by Crippen LogP contribution is 2.52. The molecule has 0 bridgehead atoms. The Balaban J connectivity index is 2.29. The van der Waals surface area contributed by atoms with Crippen molar-refractivity contribution in [3.8, 4) is 0 Å². The molecule has 1 nitrogen and oxygen atoms in total. The molecular formula is C10H9N. The molecule has 11 heavy (non-hydrogen) atoms. The molecular weight excluding hydrogens is 134 g/mol. The molecule has 1 fully saturated rings. The molecule has 0 radical (unpaired) electrons. The van der Waals surface area contributed by atoms with Crippen LogP contribution in [0.15, 0.2) is 29.3 Å². The van der Waals surface area contributed by atoms with Gasteiger partial charge in [0.15, 0.2) is 0 Å². The highest BCUT2D eigenvalue weighted by Gasteiger charge is 2.47. The van der Waals surface area contributed by atoms with Crippen molar-refractivity contribution in [2.75, 3.05) is 0 Å². The van der Waals surface area contributed by atoms with Gasteiger partial charge in [-0.2, -0.15) is 0 Å². The second kappa shape index (κ2) is 1.55. The Morgan fingerprint density at radius 1 is 1.36 bits per heavy atom. The number of hydrogen-bond donors (Lipinski definition) is 0. The van der Waals surface area contributed by atoms with Crippen molar-refractivity contribution in [1.29, 1.82) is 0 Å². The highest BCUT2D eigenvalue weighted by molar-refractivity contribution is 5.86. The number of nitrogens with zero attached hydrogens (tertiary/aromatic N) is 1. The molecule has 1 heteroatoms. The molecule has 1 spiro atoms. The van der Waals surface area contributed by atoms with Crippen LogP contribution in [0.3, 0.4) is 0 Å². The van der Waals surface area contributed by atoms with Gasteiger partial charge in [-0.3, -0.25) is 4.99 Å². The average Bonchev–Trinajstić information content (AvgIpc) is 2.79. The molecule has 3 rings (SSSR count). The third kappa shape index (κ3) is 0.584. The minimum absolute atomic E-state index is 0.0493. The van der Waals surface area contributed by atoms with Crippen LogP contribution in [0.25, 0.3) is 0 Å². The van der Waals surface area contributed by atoms with Gasteiger partial charge in [0.05, 0.1) is 6.91 Å². The van der Waals surface area contributed by atoms with Gasteiger partial charge in [0.2, 0.25) is 0 Å². The zero-order valence-corrected chi connectivity index (χ0v) is 6.17. The van der Waals surface area contributed by atoms with Gasteiger partial charge in [-0.05, 0) is 24.0 Å². The summed E-state index contributed by atoms with van der Waals surface area (Å²) in [6, 6.07) is 8.11. The van der Waals surface area contributed by atoms with Gasteiger partial charge >= 0.3 is 0 Å². The fourth-order valence-electron chi connectivity index (χ4n) is 1.71.